The molecule has 0 spiro atoms. The molecular formula is C41H40F5N3O3S. The van der Waals surface area contributed by atoms with Gasteiger partial charge in [-0.25, -0.2) is 8.78 Å². The molecule has 2 heterocycles. The van der Waals surface area contributed by atoms with Crippen LogP contribution in [0.3, 0.4) is 0 Å². The predicted molar refractivity (Wildman–Crippen MR) is 198 cm³/mol. The van der Waals surface area contributed by atoms with Crippen molar-refractivity contribution in [2.45, 2.75) is 55.6 Å². The van der Waals surface area contributed by atoms with E-state index in [2.05, 4.69) is 4.74 Å². The fourth-order valence-electron chi connectivity index (χ4n) is 3.99. The summed E-state index contributed by atoms with van der Waals surface area (Å²) in [6.07, 6.45) is -15.8. The number of aromatic nitrogens is 1. The number of likely N-dealkylation sites (tertiary alicyclic amines) is 1. The van der Waals surface area contributed by atoms with Crippen LogP contribution in [0.25, 0.3) is 22.0 Å². The number of alkyl halides is 3. The second-order valence-corrected chi connectivity index (χ2v) is 10.8. The van der Waals surface area contributed by atoms with Crippen molar-refractivity contribution in [2.75, 3.05) is 33.2 Å². The summed E-state index contributed by atoms with van der Waals surface area (Å²) in [5, 5.41) is -3.26. The molecule has 53 heavy (non-hydrogen) atoms. The SMILES string of the molecule is [2H]c1c([2H])c(F)c(F)c(C([2H])([2H])Sc2c([2H])c(=O)c3c([2H])c(C)c([2H])c([2H])c3n2C([2H])([2H])C(=O)N(C([2H])([2H])c2c([2H])c([2H])c(-c3c([2H])c([2H])c(C(F)(F)F)c([2H])c3[2H])c([2H])c2[2H])C2([2H])C([2H])([2H])C([2H])([2H])N(C([2H])([2H])COC)C([2H])([2H])C2([2H])[2H])c1[2H]. The van der Waals surface area contributed by atoms with Gasteiger partial charge in [-0.1, -0.05) is 59.9 Å². The molecule has 0 aliphatic carbocycles. The van der Waals surface area contributed by atoms with Crippen LogP contribution >= 0.6 is 11.8 Å². The van der Waals surface area contributed by atoms with Gasteiger partial charge in [-0.3, -0.25) is 9.59 Å². The van der Waals surface area contributed by atoms with Crippen LogP contribution in [-0.4, -0.2) is 59.5 Å². The zero-order valence-corrected chi connectivity index (χ0v) is 27.4. The number of ether oxygens (including phenoxy) is 1. The topological polar surface area (TPSA) is 54.8 Å². The first-order chi connectivity index (χ1) is 38.1. The first-order valence-electron chi connectivity index (χ1n) is 30.3. The molecular weight excluding hydrogens is 710 g/mol. The van der Waals surface area contributed by atoms with Crippen molar-refractivity contribution in [3.63, 3.8) is 0 Å². The van der Waals surface area contributed by atoms with Gasteiger partial charge < -0.3 is 19.1 Å². The monoisotopic (exact) mass is 781 g/mol. The number of carbonyl (C=O) groups excluding carboxylic acids is 1. The number of thioether (sulfide) groups is 1. The normalized spacial score (nSPS) is 28.4. The van der Waals surface area contributed by atoms with Gasteiger partial charge in [0.15, 0.2) is 17.1 Å². The van der Waals surface area contributed by atoms with Crippen molar-refractivity contribution < 1.29 is 75.3 Å². The standard InChI is InChI=1S/C41H40F5N3O3S/c1-27-6-15-36-34(22-27)37(50)23-39(53-26-31-4-3-5-35(42)40(31)43)49(36)25-38(51)48(33-16-18-47(19-17-33)20-21-52-2)24-28-7-9-29(10-8-28)30-11-13-32(14-12-30)41(44,45)46/h3-15,22-23,33H,16-21,24-26H2,1-2H3/i3D,4D,5D,6D,7D,8D,9D,10D,11D,12D,13D,14D,15D,16D2,17D2,18D2,19D2,20D2,22D,23D,24D2,25D2,26D2,33D. The van der Waals surface area contributed by atoms with E-state index >= 15 is 13.6 Å². The molecule has 1 aliphatic rings. The Balaban J connectivity index is 1.89. The molecule has 0 saturated carbocycles. The number of piperidine rings is 1. The molecule has 278 valence electrons. The molecule has 0 radical (unpaired) electrons. The largest absolute Gasteiger partial charge is 0.416 e. The third kappa shape index (κ3) is 9.17. The van der Waals surface area contributed by atoms with E-state index in [4.69, 9.17) is 31.5 Å². The van der Waals surface area contributed by atoms with Crippen molar-refractivity contribution in [3.8, 4) is 11.1 Å². The summed E-state index contributed by atoms with van der Waals surface area (Å²) in [7, 11) is 0.731. The molecule has 6 nitrogen and oxygen atoms in total. The smallest absolute Gasteiger partial charge is 0.383 e. The molecule has 4 aromatic carbocycles. The predicted octanol–water partition coefficient (Wildman–Crippen LogP) is 8.71. The van der Waals surface area contributed by atoms with Crippen LogP contribution < -0.4 is 5.43 Å². The highest BCUT2D eigenvalue weighted by Gasteiger charge is 2.31. The lowest BCUT2D eigenvalue weighted by atomic mass is 10.00. The molecule has 1 aliphatic heterocycles. The van der Waals surface area contributed by atoms with E-state index in [-0.39, 0.29) is 0 Å². The lowest BCUT2D eigenvalue weighted by molar-refractivity contribution is -0.137. The van der Waals surface area contributed by atoms with Crippen molar-refractivity contribution >= 4 is 28.6 Å². The molecule has 0 bridgehead atoms. The van der Waals surface area contributed by atoms with E-state index < -0.39 is 259 Å². The van der Waals surface area contributed by atoms with Crippen LogP contribution in [0.15, 0.2) is 100 Å². The highest BCUT2D eigenvalue weighted by atomic mass is 32.2. The van der Waals surface area contributed by atoms with E-state index in [1.165, 1.54) is 0 Å². The first-order valence-corrected chi connectivity index (χ1v) is 15.1. The molecule has 0 unspecified atom stereocenters. The zero-order chi connectivity index (χ0) is 66.0. The van der Waals surface area contributed by atoms with E-state index in [1.807, 2.05) is 0 Å². The Labute approximate surface area is 354 Å². The van der Waals surface area contributed by atoms with Gasteiger partial charge in [-0.15, -0.1) is 11.8 Å². The van der Waals surface area contributed by atoms with E-state index in [1.54, 1.807) is 0 Å². The number of hydrogen-bond acceptors (Lipinski definition) is 5. The maximum absolute atomic E-state index is 16.1. The average molecular weight is 782 g/mol. The molecule has 6 rings (SSSR count). The Hall–Kier alpha value is -4.52. The highest BCUT2D eigenvalue weighted by molar-refractivity contribution is 7.98. The fraction of sp³-hybridized carbons (Fsp3) is 0.317. The lowest BCUT2D eigenvalue weighted by Crippen LogP contribution is -2.48. The van der Waals surface area contributed by atoms with Gasteiger partial charge in [0.2, 0.25) is 5.91 Å². The van der Waals surface area contributed by atoms with E-state index in [0.29, 0.717) is 0 Å². The molecule has 1 amide bonds. The third-order valence-electron chi connectivity index (χ3n) is 6.39. The van der Waals surface area contributed by atoms with Crippen LogP contribution in [0.2, 0.25) is 0 Å². The Morgan fingerprint density at radius 1 is 1.02 bits per heavy atom. The minimum absolute atomic E-state index is 0.578. The minimum atomic E-state index is -5.63. The van der Waals surface area contributed by atoms with Crippen molar-refractivity contribution in [2.24, 2.45) is 0 Å². The lowest BCUT2D eigenvalue weighted by Gasteiger charge is -2.39. The van der Waals surface area contributed by atoms with Gasteiger partial charge in [0.25, 0.3) is 0 Å². The van der Waals surface area contributed by atoms with E-state index in [9.17, 15) is 30.3 Å². The van der Waals surface area contributed by atoms with Crippen LogP contribution in [0.1, 0.15) is 78.9 Å². The summed E-state index contributed by atoms with van der Waals surface area (Å²) in [6, 6.07) is -31.0. The van der Waals surface area contributed by atoms with Crippen molar-refractivity contribution in [1.82, 2.24) is 14.4 Å². The number of halogens is 5. The Bertz CT molecular complexity index is 3650. The number of methoxy groups -OCH3 is 1. The summed E-state index contributed by atoms with van der Waals surface area (Å²) < 4.78 is 362. The number of carbonyl (C=O) groups is 1. The Morgan fingerprint density at radius 3 is 2.36 bits per heavy atom. The quantitative estimate of drug-likeness (QED) is 0.0937. The number of rotatable bonds is 12. The van der Waals surface area contributed by atoms with Crippen molar-refractivity contribution in [3.05, 3.63) is 135 Å². The molecule has 1 saturated heterocycles. The maximum Gasteiger partial charge on any atom is 0.416 e. The summed E-state index contributed by atoms with van der Waals surface area (Å²) in [5.74, 6) is -7.99. The Kier molecular flexibility index (Phi) is 4.70. The molecule has 12 heteroatoms. The van der Waals surface area contributed by atoms with Gasteiger partial charge >= 0.3 is 6.18 Å². The Morgan fingerprint density at radius 2 is 1.70 bits per heavy atom. The van der Waals surface area contributed by atoms with Crippen LogP contribution in [0.4, 0.5) is 22.0 Å². The fourth-order valence-corrected chi connectivity index (χ4v) is 4.70. The summed E-state index contributed by atoms with van der Waals surface area (Å²) in [4.78, 5) is 28.1. The van der Waals surface area contributed by atoms with Gasteiger partial charge in [-0.05, 0) is 66.6 Å². The third-order valence-corrected chi connectivity index (χ3v) is 7.18. The number of benzene rings is 4. The maximum atomic E-state index is 16.1. The number of fused-ring (bicyclic) bond motifs is 1. The van der Waals surface area contributed by atoms with Crippen LogP contribution in [-0.2, 0) is 34.4 Å². The van der Waals surface area contributed by atoms with E-state index in [0.717, 1.165) is 14.0 Å². The van der Waals surface area contributed by atoms with Crippen LogP contribution in [0, 0.1) is 18.6 Å². The second kappa shape index (κ2) is 16.7. The summed E-state index contributed by atoms with van der Waals surface area (Å²) >= 11 is -0.904. The highest BCUT2D eigenvalue weighted by Crippen LogP contribution is 2.32. The van der Waals surface area contributed by atoms with Crippen molar-refractivity contribution in [1.29, 1.82) is 0 Å². The molecule has 0 atom stereocenters. The number of nitrogens with zero attached hydrogens (tertiary/aromatic N) is 3. The average Bonchev–Trinajstić information content (AvgIpc) is 1.12. The van der Waals surface area contributed by atoms with Gasteiger partial charge in [-0.2, -0.15) is 13.2 Å². The van der Waals surface area contributed by atoms with Gasteiger partial charge in [0.05, 0.1) is 50.1 Å². The molecule has 0 N–H and O–H groups in total. The minimum Gasteiger partial charge on any atom is -0.383 e. The molecule has 1 aromatic heterocycles. The number of amides is 1. The summed E-state index contributed by atoms with van der Waals surface area (Å²) in [6.45, 7) is -24.1. The first kappa shape index (κ1) is 15.0. The second-order valence-electron chi connectivity index (χ2n) is 10.0. The number of pyridine rings is 1. The molecule has 1 fully saturated rings. The van der Waals surface area contributed by atoms with Crippen LogP contribution in [0.5, 0.6) is 0 Å². The molecule has 5 aromatic rings. The summed E-state index contributed by atoms with van der Waals surface area (Å²) in [5.41, 5.74) is -17.5. The zero-order valence-electron chi connectivity index (χ0n) is 58.6. The van der Waals surface area contributed by atoms with Gasteiger partial charge in [0.1, 0.15) is 6.50 Å². The van der Waals surface area contributed by atoms with Gasteiger partial charge in [0, 0.05) is 78.3 Å². The number of hydrogen-bond donors (Lipinski definition) is 0.